The Kier molecular flexibility index (Phi) is 8.07. The first-order chi connectivity index (χ1) is 6.62. The summed E-state index contributed by atoms with van der Waals surface area (Å²) in [4.78, 5) is 0. The maximum absolute atomic E-state index is 11.1. The van der Waals surface area contributed by atoms with Crippen molar-refractivity contribution in [2.24, 2.45) is 0 Å². The molecule has 0 saturated carbocycles. The first-order valence-electron chi connectivity index (χ1n) is 4.78. The highest BCUT2D eigenvalue weighted by Crippen LogP contribution is 1.89. The van der Waals surface area contributed by atoms with Crippen LogP contribution >= 0.6 is 0 Å². The van der Waals surface area contributed by atoms with Crippen LogP contribution in [0.1, 0.15) is 19.8 Å². The molecule has 6 heteroatoms. The number of hydrogen-bond donors (Lipinski definition) is 2. The lowest BCUT2D eigenvalue weighted by molar-refractivity contribution is 0.0913. The molecule has 0 bridgehead atoms. The van der Waals surface area contributed by atoms with Gasteiger partial charge in [0.15, 0.2) is 0 Å². The summed E-state index contributed by atoms with van der Waals surface area (Å²) in [6, 6.07) is 0. The van der Waals surface area contributed by atoms with Crippen LogP contribution in [0.3, 0.4) is 0 Å². The van der Waals surface area contributed by atoms with Gasteiger partial charge in [-0.1, -0.05) is 6.92 Å². The van der Waals surface area contributed by atoms with Gasteiger partial charge in [0.1, 0.15) is 0 Å². The van der Waals surface area contributed by atoms with Crippen LogP contribution in [0.4, 0.5) is 0 Å². The second-order valence-electron chi connectivity index (χ2n) is 2.90. The van der Waals surface area contributed by atoms with Gasteiger partial charge in [-0.05, 0) is 12.8 Å². The van der Waals surface area contributed by atoms with E-state index in [0.717, 1.165) is 0 Å². The molecule has 0 aliphatic heterocycles. The molecule has 2 N–H and O–H groups in total. The number of ether oxygens (including phenoxy) is 1. The molecule has 0 fully saturated rings. The normalized spacial score (nSPS) is 11.9. The minimum absolute atomic E-state index is 0.00155. The van der Waals surface area contributed by atoms with Gasteiger partial charge in [0.05, 0.1) is 19.0 Å². The molecule has 0 heterocycles. The smallest absolute Gasteiger partial charge is 0.211 e. The van der Waals surface area contributed by atoms with Gasteiger partial charge in [0.2, 0.25) is 10.0 Å². The molecule has 86 valence electrons. The standard InChI is InChI=1S/C8H19NO4S/c1-2-8-14(11,12)9-4-3-6-13-7-5-10/h9-10H,2-8H2,1H3. The number of sulfonamides is 1. The summed E-state index contributed by atoms with van der Waals surface area (Å²) in [5, 5.41) is 8.39. The molecule has 0 aliphatic rings. The summed E-state index contributed by atoms with van der Waals surface area (Å²) in [6.45, 7) is 3.00. The van der Waals surface area contributed by atoms with Gasteiger partial charge in [-0.2, -0.15) is 0 Å². The lowest BCUT2D eigenvalue weighted by atomic mass is 10.5. The van der Waals surface area contributed by atoms with Crippen molar-refractivity contribution in [3.05, 3.63) is 0 Å². The van der Waals surface area contributed by atoms with E-state index in [-0.39, 0.29) is 12.4 Å². The summed E-state index contributed by atoms with van der Waals surface area (Å²) in [5.41, 5.74) is 0. The quantitative estimate of drug-likeness (QED) is 0.529. The van der Waals surface area contributed by atoms with Crippen molar-refractivity contribution in [2.45, 2.75) is 19.8 Å². The zero-order chi connectivity index (χ0) is 10.9. The van der Waals surface area contributed by atoms with Crippen molar-refractivity contribution < 1.29 is 18.3 Å². The van der Waals surface area contributed by atoms with E-state index in [1.165, 1.54) is 0 Å². The largest absolute Gasteiger partial charge is 0.394 e. The second kappa shape index (κ2) is 8.16. The van der Waals surface area contributed by atoms with Crippen LogP contribution in [0, 0.1) is 0 Å². The van der Waals surface area contributed by atoms with E-state index in [1.807, 2.05) is 6.92 Å². The Balaban J connectivity index is 3.35. The van der Waals surface area contributed by atoms with Crippen molar-refractivity contribution in [2.75, 3.05) is 32.1 Å². The van der Waals surface area contributed by atoms with Crippen LogP contribution in [0.2, 0.25) is 0 Å². The minimum Gasteiger partial charge on any atom is -0.394 e. The van der Waals surface area contributed by atoms with E-state index in [2.05, 4.69) is 4.72 Å². The van der Waals surface area contributed by atoms with Crippen molar-refractivity contribution in [1.29, 1.82) is 0 Å². The Morgan fingerprint density at radius 1 is 1.36 bits per heavy atom. The summed E-state index contributed by atoms with van der Waals surface area (Å²) in [7, 11) is -3.08. The highest BCUT2D eigenvalue weighted by molar-refractivity contribution is 7.89. The molecule has 0 rings (SSSR count). The van der Waals surface area contributed by atoms with E-state index < -0.39 is 10.0 Å². The lowest BCUT2D eigenvalue weighted by Gasteiger charge is -2.05. The highest BCUT2D eigenvalue weighted by Gasteiger charge is 2.06. The minimum atomic E-state index is -3.08. The molecule has 0 aromatic heterocycles. The fourth-order valence-electron chi connectivity index (χ4n) is 0.909. The fraction of sp³-hybridized carbons (Fsp3) is 1.00. The van der Waals surface area contributed by atoms with Gasteiger partial charge < -0.3 is 9.84 Å². The summed E-state index contributed by atoms with van der Waals surface area (Å²) in [6.07, 6.45) is 1.25. The van der Waals surface area contributed by atoms with Crippen molar-refractivity contribution in [1.82, 2.24) is 4.72 Å². The Hall–Kier alpha value is -0.170. The van der Waals surface area contributed by atoms with Crippen LogP contribution in [0.15, 0.2) is 0 Å². The van der Waals surface area contributed by atoms with E-state index in [1.54, 1.807) is 0 Å². The lowest BCUT2D eigenvalue weighted by Crippen LogP contribution is -2.27. The summed E-state index contributed by atoms with van der Waals surface area (Å²) >= 11 is 0. The molecular formula is C8H19NO4S. The molecule has 0 radical (unpaired) electrons. The zero-order valence-electron chi connectivity index (χ0n) is 8.53. The molecule has 0 aliphatic carbocycles. The van der Waals surface area contributed by atoms with Gasteiger partial charge in [-0.3, -0.25) is 0 Å². The maximum Gasteiger partial charge on any atom is 0.211 e. The SMILES string of the molecule is CCCS(=O)(=O)NCCCOCCO. The van der Waals surface area contributed by atoms with Crippen LogP contribution < -0.4 is 4.72 Å². The maximum atomic E-state index is 11.1. The number of hydrogen-bond acceptors (Lipinski definition) is 4. The Morgan fingerprint density at radius 2 is 2.07 bits per heavy atom. The Bertz CT molecular complexity index is 215. The summed E-state index contributed by atoms with van der Waals surface area (Å²) in [5.74, 6) is 0.171. The highest BCUT2D eigenvalue weighted by atomic mass is 32.2. The van der Waals surface area contributed by atoms with Crippen LogP contribution in [-0.2, 0) is 14.8 Å². The predicted octanol–water partition coefficient (Wildman–Crippen LogP) is -0.285. The first kappa shape index (κ1) is 13.8. The molecule has 0 aromatic rings. The topological polar surface area (TPSA) is 75.6 Å². The van der Waals surface area contributed by atoms with Crippen molar-refractivity contribution in [3.8, 4) is 0 Å². The number of rotatable bonds is 9. The number of aliphatic hydroxyl groups excluding tert-OH is 1. The summed E-state index contributed by atoms with van der Waals surface area (Å²) < 4.78 is 29.7. The van der Waals surface area contributed by atoms with E-state index in [9.17, 15) is 8.42 Å². The van der Waals surface area contributed by atoms with Gasteiger partial charge in [0, 0.05) is 13.2 Å². The Labute approximate surface area is 85.5 Å². The van der Waals surface area contributed by atoms with Crippen LogP contribution in [0.25, 0.3) is 0 Å². The third-order valence-electron chi connectivity index (χ3n) is 1.50. The zero-order valence-corrected chi connectivity index (χ0v) is 9.35. The van der Waals surface area contributed by atoms with Gasteiger partial charge in [-0.15, -0.1) is 0 Å². The van der Waals surface area contributed by atoms with Crippen LogP contribution in [-0.4, -0.2) is 45.6 Å². The molecule has 0 aromatic carbocycles. The van der Waals surface area contributed by atoms with Gasteiger partial charge in [-0.25, -0.2) is 13.1 Å². The van der Waals surface area contributed by atoms with Crippen molar-refractivity contribution in [3.63, 3.8) is 0 Å². The van der Waals surface area contributed by atoms with E-state index in [4.69, 9.17) is 9.84 Å². The molecular weight excluding hydrogens is 206 g/mol. The van der Waals surface area contributed by atoms with E-state index >= 15 is 0 Å². The second-order valence-corrected chi connectivity index (χ2v) is 4.83. The molecule has 0 saturated heterocycles. The molecule has 0 spiro atoms. The number of aliphatic hydroxyl groups is 1. The molecule has 0 unspecified atom stereocenters. The van der Waals surface area contributed by atoms with Gasteiger partial charge >= 0.3 is 0 Å². The molecule has 0 atom stereocenters. The third kappa shape index (κ3) is 8.43. The number of nitrogens with one attached hydrogen (secondary N) is 1. The van der Waals surface area contributed by atoms with E-state index in [0.29, 0.717) is 32.6 Å². The molecule has 0 amide bonds. The van der Waals surface area contributed by atoms with Crippen LogP contribution in [0.5, 0.6) is 0 Å². The van der Waals surface area contributed by atoms with Gasteiger partial charge in [0.25, 0.3) is 0 Å². The molecule has 14 heavy (non-hydrogen) atoms. The van der Waals surface area contributed by atoms with Crippen molar-refractivity contribution >= 4 is 10.0 Å². The average Bonchev–Trinajstić information content (AvgIpc) is 2.11. The molecule has 5 nitrogen and oxygen atoms in total. The third-order valence-corrected chi connectivity index (χ3v) is 3.09. The average molecular weight is 225 g/mol. The first-order valence-corrected chi connectivity index (χ1v) is 6.43. The Morgan fingerprint density at radius 3 is 2.64 bits per heavy atom. The predicted molar refractivity (Wildman–Crippen MR) is 54.6 cm³/mol. The fourth-order valence-corrected chi connectivity index (χ4v) is 2.05. The monoisotopic (exact) mass is 225 g/mol.